The number of amides is 1. The van der Waals surface area contributed by atoms with Crippen LogP contribution in [0.1, 0.15) is 32.1 Å². The van der Waals surface area contributed by atoms with E-state index in [1.165, 1.54) is 35.3 Å². The van der Waals surface area contributed by atoms with Crippen molar-refractivity contribution in [1.82, 2.24) is 9.62 Å². The minimum absolute atomic E-state index is 0.0504. The van der Waals surface area contributed by atoms with Gasteiger partial charge in [0.1, 0.15) is 5.75 Å². The van der Waals surface area contributed by atoms with Gasteiger partial charge in [0.25, 0.3) is 0 Å². The lowest BCUT2D eigenvalue weighted by Crippen LogP contribution is -2.88. The zero-order chi connectivity index (χ0) is 19.3. The molecule has 7 heteroatoms. The predicted molar refractivity (Wildman–Crippen MR) is 102 cm³/mol. The summed E-state index contributed by atoms with van der Waals surface area (Å²) in [5.74, 6) is 2.76. The van der Waals surface area contributed by atoms with Gasteiger partial charge in [-0.3, -0.25) is 4.79 Å². The van der Waals surface area contributed by atoms with E-state index in [2.05, 4.69) is 5.32 Å². The minimum Gasteiger partial charge on any atom is -0.508 e. The van der Waals surface area contributed by atoms with Gasteiger partial charge in [-0.2, -0.15) is 4.31 Å². The number of carbonyl (C=O) groups is 1. The molecule has 0 bridgehead atoms. The van der Waals surface area contributed by atoms with Crippen LogP contribution in [-0.4, -0.2) is 43.4 Å². The zero-order valence-electron chi connectivity index (χ0n) is 15.8. The molecule has 150 valence electrons. The number of phenolic OH excluding ortho intramolecular Hbond substituents is 1. The standard InChI is InChI=1S/C21H26N2O4S/c24-17-2-1-3-18(8-17)28(26,27)23-5-4-13(12-23)11-22-19(25)20-9-15-6-14-7-16(10-20)21(14,15)20/h1-3,8,13-16,24H,4-7,9-12H2,(H,22,25)/t13?,14?,15-,16?,20?,21?/m1/s1. The van der Waals surface area contributed by atoms with E-state index < -0.39 is 10.0 Å². The second-order valence-corrected chi connectivity index (χ2v) is 11.6. The molecular formula is C21H26N2O4S. The first-order valence-corrected chi connectivity index (χ1v) is 11.9. The molecule has 1 amide bonds. The Bertz CT molecular complexity index is 949. The molecule has 0 aromatic heterocycles. The van der Waals surface area contributed by atoms with E-state index in [1.807, 2.05) is 0 Å². The number of rotatable bonds is 5. The van der Waals surface area contributed by atoms with Crippen molar-refractivity contribution in [3.05, 3.63) is 24.3 Å². The maximum atomic E-state index is 13.0. The monoisotopic (exact) mass is 402 g/mol. The Hall–Kier alpha value is -1.60. The van der Waals surface area contributed by atoms with Crippen LogP contribution in [0.3, 0.4) is 0 Å². The van der Waals surface area contributed by atoms with E-state index in [4.69, 9.17) is 0 Å². The first-order chi connectivity index (χ1) is 13.4. The van der Waals surface area contributed by atoms with Gasteiger partial charge in [0.2, 0.25) is 15.9 Å². The molecule has 1 aromatic carbocycles. The number of nitrogens with zero attached hydrogens (tertiary/aromatic N) is 1. The van der Waals surface area contributed by atoms with Gasteiger partial charge >= 0.3 is 0 Å². The first kappa shape index (κ1) is 17.3. The Balaban J connectivity index is 1.08. The van der Waals surface area contributed by atoms with Crippen LogP contribution in [0.4, 0.5) is 0 Å². The molecule has 4 saturated carbocycles. The van der Waals surface area contributed by atoms with Crippen LogP contribution in [0.2, 0.25) is 0 Å². The molecule has 6 nitrogen and oxygen atoms in total. The largest absolute Gasteiger partial charge is 0.508 e. The molecule has 6 atom stereocenters. The second-order valence-electron chi connectivity index (χ2n) is 9.71. The van der Waals surface area contributed by atoms with Gasteiger partial charge in [-0.25, -0.2) is 8.42 Å². The van der Waals surface area contributed by atoms with E-state index in [0.717, 1.165) is 37.0 Å². The van der Waals surface area contributed by atoms with Crippen LogP contribution in [-0.2, 0) is 14.8 Å². The van der Waals surface area contributed by atoms with Gasteiger partial charge < -0.3 is 10.4 Å². The maximum absolute atomic E-state index is 13.0. The summed E-state index contributed by atoms with van der Waals surface area (Å²) in [6.45, 7) is 1.44. The van der Waals surface area contributed by atoms with Crippen molar-refractivity contribution in [1.29, 1.82) is 0 Å². The van der Waals surface area contributed by atoms with Gasteiger partial charge in [0, 0.05) is 19.6 Å². The molecule has 1 aliphatic heterocycles. The lowest BCUT2D eigenvalue weighted by Gasteiger charge is -2.90. The fourth-order valence-corrected chi connectivity index (χ4v) is 9.27. The molecule has 5 aliphatic rings. The predicted octanol–water partition coefficient (Wildman–Crippen LogP) is 1.96. The third-order valence-corrected chi connectivity index (χ3v) is 10.7. The van der Waals surface area contributed by atoms with E-state index in [-0.39, 0.29) is 27.9 Å². The highest BCUT2D eigenvalue weighted by Gasteiger charge is 2.89. The number of hydrogen-bond donors (Lipinski definition) is 2. The zero-order valence-corrected chi connectivity index (χ0v) is 16.6. The van der Waals surface area contributed by atoms with Crippen molar-refractivity contribution in [3.63, 3.8) is 0 Å². The summed E-state index contributed by atoms with van der Waals surface area (Å²) < 4.78 is 27.1. The number of phenols is 1. The van der Waals surface area contributed by atoms with Crippen LogP contribution in [0.25, 0.3) is 0 Å². The third kappa shape index (κ3) is 1.83. The number of sulfonamides is 1. The van der Waals surface area contributed by atoms with Crippen molar-refractivity contribution < 1.29 is 18.3 Å². The molecule has 5 fully saturated rings. The number of nitrogens with one attached hydrogen (secondary N) is 1. The van der Waals surface area contributed by atoms with E-state index >= 15 is 0 Å². The van der Waals surface area contributed by atoms with Crippen LogP contribution < -0.4 is 5.32 Å². The SMILES string of the molecule is O=C(NCC1CCN(S(=O)(=O)c2cccc(O)c2)C1)C12CC3CC4C[C@H](C1)C432. The summed E-state index contributed by atoms with van der Waals surface area (Å²) in [6.07, 6.45) is 5.60. The topological polar surface area (TPSA) is 86.7 Å². The summed E-state index contributed by atoms with van der Waals surface area (Å²) in [7, 11) is -3.60. The second kappa shape index (κ2) is 5.30. The van der Waals surface area contributed by atoms with Crippen molar-refractivity contribution in [2.24, 2.45) is 34.5 Å². The highest BCUT2D eigenvalue weighted by Crippen LogP contribution is 2.92. The van der Waals surface area contributed by atoms with Gasteiger partial charge in [-0.15, -0.1) is 0 Å². The van der Waals surface area contributed by atoms with Crippen LogP contribution in [0, 0.1) is 34.5 Å². The van der Waals surface area contributed by atoms with Crippen LogP contribution in [0.15, 0.2) is 29.2 Å². The smallest absolute Gasteiger partial charge is 0.243 e. The van der Waals surface area contributed by atoms with Gasteiger partial charge in [-0.05, 0) is 79.4 Å². The highest BCUT2D eigenvalue weighted by molar-refractivity contribution is 7.89. The Labute approximate surface area is 165 Å². The Morgan fingerprint density at radius 2 is 1.96 bits per heavy atom. The molecule has 1 saturated heterocycles. The lowest BCUT2D eigenvalue weighted by atomic mass is 9.13. The van der Waals surface area contributed by atoms with E-state index in [1.54, 1.807) is 6.07 Å². The molecule has 28 heavy (non-hydrogen) atoms. The Kier molecular flexibility index (Phi) is 3.27. The minimum atomic E-state index is -3.60. The van der Waals surface area contributed by atoms with Gasteiger partial charge in [0.05, 0.1) is 10.3 Å². The fourth-order valence-electron chi connectivity index (χ4n) is 7.70. The molecule has 1 spiro atoms. The average Bonchev–Trinajstić information content (AvgIpc) is 3.07. The van der Waals surface area contributed by atoms with Crippen LogP contribution in [0.5, 0.6) is 5.75 Å². The summed E-state index contributed by atoms with van der Waals surface area (Å²) in [5, 5.41) is 12.8. The Morgan fingerprint density at radius 3 is 2.61 bits per heavy atom. The van der Waals surface area contributed by atoms with Gasteiger partial charge in [-0.1, -0.05) is 6.07 Å². The molecule has 1 heterocycles. The normalized spacial score (nSPS) is 42.9. The molecule has 4 aliphatic carbocycles. The molecule has 5 unspecified atom stereocenters. The summed E-state index contributed by atoms with van der Waals surface area (Å²) in [6, 6.07) is 5.80. The summed E-state index contributed by atoms with van der Waals surface area (Å²) in [4.78, 5) is 13.1. The van der Waals surface area contributed by atoms with E-state index in [0.29, 0.717) is 25.0 Å². The molecule has 0 radical (unpaired) electrons. The lowest BCUT2D eigenvalue weighted by molar-refractivity contribution is -0.413. The van der Waals surface area contributed by atoms with Crippen molar-refractivity contribution >= 4 is 15.9 Å². The third-order valence-electron chi connectivity index (χ3n) is 8.87. The number of benzene rings is 1. The molecular weight excluding hydrogens is 376 g/mol. The Morgan fingerprint density at radius 1 is 1.21 bits per heavy atom. The fraction of sp³-hybridized carbons (Fsp3) is 0.667. The molecule has 1 aromatic rings. The van der Waals surface area contributed by atoms with Crippen molar-refractivity contribution in [3.8, 4) is 5.75 Å². The number of aromatic hydroxyl groups is 1. The average molecular weight is 403 g/mol. The first-order valence-electron chi connectivity index (χ1n) is 10.5. The molecule has 6 rings (SSSR count). The summed E-state index contributed by atoms with van der Waals surface area (Å²) in [5.41, 5.74) is 0.312. The molecule has 2 N–H and O–H groups in total. The number of hydrogen-bond acceptors (Lipinski definition) is 4. The summed E-state index contributed by atoms with van der Waals surface area (Å²) >= 11 is 0. The maximum Gasteiger partial charge on any atom is 0.243 e. The van der Waals surface area contributed by atoms with Crippen LogP contribution >= 0.6 is 0 Å². The van der Waals surface area contributed by atoms with Crippen molar-refractivity contribution in [2.75, 3.05) is 19.6 Å². The van der Waals surface area contributed by atoms with Gasteiger partial charge in [0.15, 0.2) is 0 Å². The number of carbonyl (C=O) groups excluding carboxylic acids is 1. The quantitative estimate of drug-likeness (QED) is 0.788. The van der Waals surface area contributed by atoms with E-state index in [9.17, 15) is 18.3 Å². The highest BCUT2D eigenvalue weighted by atomic mass is 32.2. The van der Waals surface area contributed by atoms with Crippen molar-refractivity contribution in [2.45, 2.75) is 37.0 Å².